The van der Waals surface area contributed by atoms with E-state index in [0.29, 0.717) is 33.4 Å². The van der Waals surface area contributed by atoms with E-state index in [0.717, 1.165) is 0 Å². The fourth-order valence-electron chi connectivity index (χ4n) is 2.09. The Morgan fingerprint density at radius 2 is 2.04 bits per heavy atom. The van der Waals surface area contributed by atoms with Crippen molar-refractivity contribution in [3.8, 4) is 0 Å². The molecule has 0 radical (unpaired) electrons. The summed E-state index contributed by atoms with van der Waals surface area (Å²) in [4.78, 5) is 17.3. The maximum absolute atomic E-state index is 12.7. The van der Waals surface area contributed by atoms with Crippen LogP contribution < -0.4 is 5.56 Å². The van der Waals surface area contributed by atoms with E-state index in [1.54, 1.807) is 22.8 Å². The van der Waals surface area contributed by atoms with Gasteiger partial charge in [-0.3, -0.25) is 9.36 Å². The monoisotopic (exact) mass is 374 g/mol. The largest absolute Gasteiger partial charge is 0.287 e. The molecule has 1 aromatic heterocycles. The third-order valence-electron chi connectivity index (χ3n) is 3.11. The predicted octanol–water partition coefficient (Wildman–Crippen LogP) is 2.84. The van der Waals surface area contributed by atoms with E-state index in [9.17, 15) is 13.2 Å². The first-order chi connectivity index (χ1) is 10.7. The lowest BCUT2D eigenvalue weighted by atomic mass is 10.2. The van der Waals surface area contributed by atoms with Crippen molar-refractivity contribution in [1.82, 2.24) is 9.55 Å². The first-order valence-electron chi connectivity index (χ1n) is 7.18. The fraction of sp³-hybridized carbons (Fsp3) is 0.467. The molecule has 0 amide bonds. The molecule has 0 aliphatic rings. The summed E-state index contributed by atoms with van der Waals surface area (Å²) < 4.78 is 24.2. The molecule has 0 spiro atoms. The Balaban J connectivity index is 2.48. The number of aromatic nitrogens is 2. The number of fused-ring (bicyclic) bond motifs is 1. The highest BCUT2D eigenvalue weighted by molar-refractivity contribution is 8.00. The molecule has 0 saturated carbocycles. The molecule has 0 aliphatic heterocycles. The highest BCUT2D eigenvalue weighted by Crippen LogP contribution is 2.21. The van der Waals surface area contributed by atoms with Gasteiger partial charge >= 0.3 is 0 Å². The average molecular weight is 375 g/mol. The Morgan fingerprint density at radius 1 is 1.35 bits per heavy atom. The molecular formula is C15H19ClN2O3S2. The lowest BCUT2D eigenvalue weighted by Gasteiger charge is -2.14. The van der Waals surface area contributed by atoms with Crippen LogP contribution in [0.5, 0.6) is 0 Å². The maximum Gasteiger partial charge on any atom is 0.262 e. The normalized spacial score (nSPS) is 12.2. The molecule has 1 heterocycles. The van der Waals surface area contributed by atoms with Crippen molar-refractivity contribution in [3.05, 3.63) is 33.6 Å². The molecule has 0 aliphatic carbocycles. The summed E-state index contributed by atoms with van der Waals surface area (Å²) >= 11 is 7.26. The van der Waals surface area contributed by atoms with Crippen molar-refractivity contribution in [2.45, 2.75) is 25.5 Å². The van der Waals surface area contributed by atoms with Gasteiger partial charge in [0.15, 0.2) is 5.16 Å². The van der Waals surface area contributed by atoms with Gasteiger partial charge in [-0.05, 0) is 24.1 Å². The van der Waals surface area contributed by atoms with Gasteiger partial charge < -0.3 is 0 Å². The van der Waals surface area contributed by atoms with Gasteiger partial charge in [-0.25, -0.2) is 13.4 Å². The highest BCUT2D eigenvalue weighted by Gasteiger charge is 2.14. The summed E-state index contributed by atoms with van der Waals surface area (Å²) in [6.07, 6.45) is 1.20. The molecule has 0 bridgehead atoms. The second-order valence-corrected chi connectivity index (χ2v) is 9.60. The SMILES string of the molecule is CC(C)Cn1c(SCCS(C)(=O)=O)nc2ccc(Cl)cc2c1=O. The Labute approximate surface area is 145 Å². The second kappa shape index (κ2) is 7.23. The van der Waals surface area contributed by atoms with Crippen molar-refractivity contribution in [2.24, 2.45) is 5.92 Å². The van der Waals surface area contributed by atoms with Crippen molar-refractivity contribution in [1.29, 1.82) is 0 Å². The first-order valence-corrected chi connectivity index (χ1v) is 10.6. The van der Waals surface area contributed by atoms with E-state index in [2.05, 4.69) is 4.98 Å². The Bertz CT molecular complexity index is 876. The molecule has 8 heteroatoms. The first kappa shape index (κ1) is 18.3. The molecule has 126 valence electrons. The summed E-state index contributed by atoms with van der Waals surface area (Å²) in [5, 5.41) is 1.51. The third-order valence-corrected chi connectivity index (χ3v) is 5.53. The lowest BCUT2D eigenvalue weighted by Crippen LogP contribution is -2.25. The van der Waals surface area contributed by atoms with Gasteiger partial charge in [0.1, 0.15) is 9.84 Å². The minimum absolute atomic E-state index is 0.0495. The second-order valence-electron chi connectivity index (χ2n) is 5.84. The number of hydrogen-bond donors (Lipinski definition) is 0. The molecule has 23 heavy (non-hydrogen) atoms. The minimum atomic E-state index is -3.04. The van der Waals surface area contributed by atoms with Crippen molar-refractivity contribution < 1.29 is 8.42 Å². The van der Waals surface area contributed by atoms with Gasteiger partial charge in [0, 0.05) is 23.6 Å². The van der Waals surface area contributed by atoms with Crippen LogP contribution >= 0.6 is 23.4 Å². The van der Waals surface area contributed by atoms with Gasteiger partial charge in [0.2, 0.25) is 0 Å². The number of hydrogen-bond acceptors (Lipinski definition) is 5. The van der Waals surface area contributed by atoms with E-state index in [4.69, 9.17) is 11.6 Å². The molecule has 5 nitrogen and oxygen atoms in total. The molecule has 2 rings (SSSR count). The Kier molecular flexibility index (Phi) is 5.75. The molecule has 0 N–H and O–H groups in total. The van der Waals surface area contributed by atoms with Crippen molar-refractivity contribution in [3.63, 3.8) is 0 Å². The van der Waals surface area contributed by atoms with Gasteiger partial charge in [-0.1, -0.05) is 37.2 Å². The lowest BCUT2D eigenvalue weighted by molar-refractivity contribution is 0.475. The molecular weight excluding hydrogens is 356 g/mol. The van der Waals surface area contributed by atoms with Crippen LogP contribution in [0.3, 0.4) is 0 Å². The zero-order chi connectivity index (χ0) is 17.2. The molecule has 0 fully saturated rings. The predicted molar refractivity (Wildman–Crippen MR) is 96.3 cm³/mol. The number of thioether (sulfide) groups is 1. The van der Waals surface area contributed by atoms with E-state index in [1.807, 2.05) is 13.8 Å². The summed E-state index contributed by atoms with van der Waals surface area (Å²) in [5.74, 6) is 0.677. The number of rotatable bonds is 6. The molecule has 0 saturated heterocycles. The van der Waals surface area contributed by atoms with Crippen LogP contribution in [0.2, 0.25) is 5.02 Å². The molecule has 0 unspecified atom stereocenters. The summed E-state index contributed by atoms with van der Waals surface area (Å²) in [5.41, 5.74) is 0.425. The summed E-state index contributed by atoms with van der Waals surface area (Å²) in [7, 11) is -3.04. The zero-order valence-electron chi connectivity index (χ0n) is 13.2. The topological polar surface area (TPSA) is 69.0 Å². The van der Waals surface area contributed by atoms with Gasteiger partial charge in [-0.15, -0.1) is 0 Å². The smallest absolute Gasteiger partial charge is 0.262 e. The average Bonchev–Trinajstić information content (AvgIpc) is 2.42. The van der Waals surface area contributed by atoms with Crippen LogP contribution in [0.15, 0.2) is 28.2 Å². The highest BCUT2D eigenvalue weighted by atomic mass is 35.5. The minimum Gasteiger partial charge on any atom is -0.287 e. The van der Waals surface area contributed by atoms with Crippen LogP contribution in [0, 0.1) is 5.92 Å². The van der Waals surface area contributed by atoms with Crippen LogP contribution in [-0.2, 0) is 16.4 Å². The quantitative estimate of drug-likeness (QED) is 0.574. The number of benzene rings is 1. The van der Waals surface area contributed by atoms with Crippen molar-refractivity contribution in [2.75, 3.05) is 17.8 Å². The zero-order valence-corrected chi connectivity index (χ0v) is 15.6. The van der Waals surface area contributed by atoms with Crippen molar-refractivity contribution >= 4 is 44.1 Å². The standard InChI is InChI=1S/C15H19ClN2O3S2/c1-10(2)9-18-14(19)12-8-11(16)4-5-13(12)17-15(18)22-6-7-23(3,20)21/h4-5,8,10H,6-7,9H2,1-3H3. The fourth-order valence-corrected chi connectivity index (χ4v) is 4.47. The van der Waals surface area contributed by atoms with E-state index < -0.39 is 9.84 Å². The van der Waals surface area contributed by atoms with E-state index in [-0.39, 0.29) is 17.2 Å². The van der Waals surface area contributed by atoms with Crippen LogP contribution in [-0.4, -0.2) is 35.7 Å². The number of sulfone groups is 1. The number of nitrogens with zero attached hydrogens (tertiary/aromatic N) is 2. The van der Waals surface area contributed by atoms with E-state index >= 15 is 0 Å². The molecule has 0 atom stereocenters. The Morgan fingerprint density at radius 3 is 2.65 bits per heavy atom. The van der Waals surface area contributed by atoms with Gasteiger partial charge in [-0.2, -0.15) is 0 Å². The third kappa shape index (κ3) is 4.96. The molecule has 2 aromatic rings. The van der Waals surface area contributed by atoms with Crippen LogP contribution in [0.4, 0.5) is 0 Å². The van der Waals surface area contributed by atoms with Crippen LogP contribution in [0.1, 0.15) is 13.8 Å². The Hall–Kier alpha value is -1.05. The van der Waals surface area contributed by atoms with Gasteiger partial charge in [0.05, 0.1) is 16.7 Å². The maximum atomic E-state index is 12.7. The number of halogens is 1. The van der Waals surface area contributed by atoms with Gasteiger partial charge in [0.25, 0.3) is 5.56 Å². The summed E-state index contributed by atoms with van der Waals surface area (Å²) in [6.45, 7) is 4.55. The molecule has 1 aromatic carbocycles. The van der Waals surface area contributed by atoms with E-state index in [1.165, 1.54) is 18.0 Å². The van der Waals surface area contributed by atoms with Crippen LogP contribution in [0.25, 0.3) is 10.9 Å². The summed E-state index contributed by atoms with van der Waals surface area (Å²) in [6, 6.07) is 5.02.